The average molecular weight is 604 g/mol. The fraction of sp³-hybridized carbons (Fsp3) is 0.711. The van der Waals surface area contributed by atoms with E-state index in [0.29, 0.717) is 11.6 Å². The second kappa shape index (κ2) is 9.93. The lowest BCUT2D eigenvalue weighted by molar-refractivity contribution is -0.210. The van der Waals surface area contributed by atoms with Gasteiger partial charge >= 0.3 is 5.97 Å². The van der Waals surface area contributed by atoms with E-state index in [1.165, 1.54) is 12.5 Å². The minimum Gasteiger partial charge on any atom is -0.508 e. The quantitative estimate of drug-likeness (QED) is 0.340. The Kier molecular flexibility index (Phi) is 7.08. The number of ether oxygens (including phenoxy) is 1. The number of phenolic OH excluding ortho intramolecular Hbond substituents is 1. The topological polar surface area (TPSA) is 92.7 Å². The molecular formula is C38H53NO5. The molecule has 2 N–H and O–H groups in total. The molecule has 6 rings (SSSR count). The number of amides is 1. The molecular weight excluding hydrogens is 550 g/mol. The average Bonchev–Trinajstić information content (AvgIpc) is 2.92. The van der Waals surface area contributed by atoms with E-state index in [9.17, 15) is 19.5 Å². The Labute approximate surface area is 263 Å². The number of fused-ring (bicyclic) bond motifs is 7. The van der Waals surface area contributed by atoms with Crippen molar-refractivity contribution in [2.75, 3.05) is 5.32 Å². The number of nitrogens with one attached hydrogen (secondary N) is 1. The van der Waals surface area contributed by atoms with Crippen molar-refractivity contribution >= 4 is 23.3 Å². The number of carbonyl (C=O) groups excluding carboxylic acids is 3. The van der Waals surface area contributed by atoms with Crippen LogP contribution in [0.1, 0.15) is 113 Å². The number of ketones is 1. The van der Waals surface area contributed by atoms with Crippen LogP contribution in [0.15, 0.2) is 35.9 Å². The lowest BCUT2D eigenvalue weighted by atomic mass is 9.33. The van der Waals surface area contributed by atoms with Crippen molar-refractivity contribution in [1.82, 2.24) is 0 Å². The standard InChI is InChI=1S/C38H53NO5/c1-23(40)44-30-13-14-36(6)29(33(30,2)3)12-15-38(8)31(36)28(42)21-26-27-22-35(5,17-16-34(27,4)18-19-37(26,38)7)32(43)39-24-10-9-11-25(41)20-24/h9-11,20-21,27,29-31,41H,12-19,22H2,1-8H3,(H,39,43). The van der Waals surface area contributed by atoms with Crippen LogP contribution in [0.25, 0.3) is 0 Å². The molecule has 6 nitrogen and oxygen atoms in total. The van der Waals surface area contributed by atoms with Gasteiger partial charge in [-0.25, -0.2) is 0 Å². The summed E-state index contributed by atoms with van der Waals surface area (Å²) < 4.78 is 5.87. The first-order valence-corrected chi connectivity index (χ1v) is 16.9. The Hall–Kier alpha value is -2.63. The molecule has 0 aliphatic heterocycles. The fourth-order valence-corrected chi connectivity index (χ4v) is 11.6. The Balaban J connectivity index is 1.35. The van der Waals surface area contributed by atoms with Crippen molar-refractivity contribution in [2.45, 2.75) is 119 Å². The highest BCUT2D eigenvalue weighted by Crippen LogP contribution is 2.75. The van der Waals surface area contributed by atoms with Gasteiger partial charge in [-0.05, 0) is 109 Å². The predicted octanol–water partition coefficient (Wildman–Crippen LogP) is 8.24. The van der Waals surface area contributed by atoms with Gasteiger partial charge in [0.25, 0.3) is 0 Å². The molecule has 240 valence electrons. The van der Waals surface area contributed by atoms with Gasteiger partial charge in [0.15, 0.2) is 5.78 Å². The third-order valence-corrected chi connectivity index (χ3v) is 14.5. The molecule has 9 unspecified atom stereocenters. The van der Waals surface area contributed by atoms with E-state index in [4.69, 9.17) is 4.74 Å². The normalized spacial score (nSPS) is 44.2. The summed E-state index contributed by atoms with van der Waals surface area (Å²) in [7, 11) is 0. The smallest absolute Gasteiger partial charge is 0.302 e. The highest BCUT2D eigenvalue weighted by atomic mass is 16.5. The zero-order chi connectivity index (χ0) is 32.1. The third kappa shape index (κ3) is 4.35. The number of hydrogen-bond acceptors (Lipinski definition) is 5. The molecule has 6 heteroatoms. The molecule has 44 heavy (non-hydrogen) atoms. The summed E-state index contributed by atoms with van der Waals surface area (Å²) in [5, 5.41) is 13.0. The fourth-order valence-electron chi connectivity index (χ4n) is 11.6. The lowest BCUT2D eigenvalue weighted by Crippen LogP contribution is -2.66. The van der Waals surface area contributed by atoms with E-state index >= 15 is 0 Å². The maximum atomic E-state index is 14.6. The van der Waals surface area contributed by atoms with Gasteiger partial charge in [-0.2, -0.15) is 0 Å². The maximum Gasteiger partial charge on any atom is 0.302 e. The van der Waals surface area contributed by atoms with Crippen LogP contribution in [0.4, 0.5) is 5.69 Å². The monoisotopic (exact) mass is 603 g/mol. The van der Waals surface area contributed by atoms with E-state index in [1.807, 2.05) is 6.07 Å². The van der Waals surface area contributed by atoms with Crippen molar-refractivity contribution in [2.24, 2.45) is 50.2 Å². The maximum absolute atomic E-state index is 14.6. The van der Waals surface area contributed by atoms with Gasteiger partial charge in [-0.1, -0.05) is 60.1 Å². The van der Waals surface area contributed by atoms with Crippen LogP contribution < -0.4 is 5.32 Å². The van der Waals surface area contributed by atoms with Crippen LogP contribution in [-0.2, 0) is 19.1 Å². The van der Waals surface area contributed by atoms with Crippen LogP contribution in [-0.4, -0.2) is 28.9 Å². The molecule has 9 atom stereocenters. The number of benzene rings is 1. The molecule has 5 aliphatic carbocycles. The first-order chi connectivity index (χ1) is 20.4. The van der Waals surface area contributed by atoms with E-state index < -0.39 is 5.41 Å². The Morgan fingerprint density at radius 1 is 0.932 bits per heavy atom. The summed E-state index contributed by atoms with van der Waals surface area (Å²) in [6.45, 7) is 17.7. The number of carbonyl (C=O) groups is 3. The molecule has 5 aliphatic rings. The number of hydrogen-bond donors (Lipinski definition) is 2. The van der Waals surface area contributed by atoms with E-state index in [2.05, 4.69) is 59.9 Å². The molecule has 0 aromatic heterocycles. The summed E-state index contributed by atoms with van der Waals surface area (Å²) in [6.07, 6.45) is 10.3. The summed E-state index contributed by atoms with van der Waals surface area (Å²) in [4.78, 5) is 40.4. The number of allylic oxidation sites excluding steroid dienone is 2. The third-order valence-electron chi connectivity index (χ3n) is 14.5. The van der Waals surface area contributed by atoms with Gasteiger partial charge in [0, 0.05) is 35.4 Å². The Morgan fingerprint density at radius 2 is 1.64 bits per heavy atom. The van der Waals surface area contributed by atoms with Crippen molar-refractivity contribution < 1.29 is 24.2 Å². The molecule has 1 amide bonds. The minimum absolute atomic E-state index is 0.0101. The molecule has 1 aromatic rings. The zero-order valence-electron chi connectivity index (χ0n) is 28.1. The first-order valence-electron chi connectivity index (χ1n) is 16.9. The van der Waals surface area contributed by atoms with Crippen LogP contribution in [0.2, 0.25) is 0 Å². The highest BCUT2D eigenvalue weighted by Gasteiger charge is 2.70. The van der Waals surface area contributed by atoms with Crippen molar-refractivity contribution in [1.29, 1.82) is 0 Å². The van der Waals surface area contributed by atoms with Gasteiger partial charge in [0.05, 0.1) is 0 Å². The Morgan fingerprint density at radius 3 is 2.32 bits per heavy atom. The number of phenols is 1. The molecule has 0 bridgehead atoms. The SMILES string of the molecule is CC(=O)OC1CCC2(C)C(CCC3(C)C2C(=O)C=C2C4CC(C)(C(=O)Nc5cccc(O)c5)CCC4(C)CCC23C)C1(C)C. The van der Waals surface area contributed by atoms with Gasteiger partial charge in [0.2, 0.25) is 5.91 Å². The van der Waals surface area contributed by atoms with Gasteiger partial charge in [-0.3, -0.25) is 14.4 Å². The molecule has 0 saturated heterocycles. The largest absolute Gasteiger partial charge is 0.508 e. The molecule has 0 heterocycles. The van der Waals surface area contributed by atoms with Crippen LogP contribution in [0, 0.1) is 50.2 Å². The molecule has 0 radical (unpaired) electrons. The summed E-state index contributed by atoms with van der Waals surface area (Å²) in [5.41, 5.74) is 0.715. The van der Waals surface area contributed by atoms with Gasteiger partial charge < -0.3 is 15.2 Å². The molecule has 1 aromatic carbocycles. The Bertz CT molecular complexity index is 1430. The first kappa shape index (κ1) is 31.4. The minimum atomic E-state index is -0.571. The summed E-state index contributed by atoms with van der Waals surface area (Å²) >= 11 is 0. The zero-order valence-corrected chi connectivity index (χ0v) is 28.1. The number of esters is 1. The van der Waals surface area contributed by atoms with E-state index in [-0.39, 0.29) is 68.4 Å². The summed E-state index contributed by atoms with van der Waals surface area (Å²) in [5.74, 6) is 0.557. The lowest BCUT2D eigenvalue weighted by Gasteiger charge is -2.70. The second-order valence-electron chi connectivity index (χ2n) is 17.2. The van der Waals surface area contributed by atoms with Gasteiger partial charge in [0.1, 0.15) is 11.9 Å². The predicted molar refractivity (Wildman–Crippen MR) is 172 cm³/mol. The van der Waals surface area contributed by atoms with Crippen molar-refractivity contribution in [3.05, 3.63) is 35.9 Å². The van der Waals surface area contributed by atoms with E-state index in [0.717, 1.165) is 57.8 Å². The van der Waals surface area contributed by atoms with Crippen LogP contribution >= 0.6 is 0 Å². The molecule has 4 saturated carbocycles. The summed E-state index contributed by atoms with van der Waals surface area (Å²) in [6, 6.07) is 6.75. The van der Waals surface area contributed by atoms with Gasteiger partial charge in [-0.15, -0.1) is 0 Å². The number of rotatable bonds is 3. The van der Waals surface area contributed by atoms with Crippen LogP contribution in [0.3, 0.4) is 0 Å². The van der Waals surface area contributed by atoms with Crippen LogP contribution in [0.5, 0.6) is 5.75 Å². The second-order valence-corrected chi connectivity index (χ2v) is 17.2. The number of anilines is 1. The van der Waals surface area contributed by atoms with Crippen molar-refractivity contribution in [3.63, 3.8) is 0 Å². The number of aromatic hydroxyl groups is 1. The van der Waals surface area contributed by atoms with E-state index in [1.54, 1.807) is 18.2 Å². The van der Waals surface area contributed by atoms with Crippen molar-refractivity contribution in [3.8, 4) is 5.75 Å². The molecule has 0 spiro atoms. The highest BCUT2D eigenvalue weighted by molar-refractivity contribution is 5.97. The molecule has 4 fully saturated rings.